The third-order valence-electron chi connectivity index (χ3n) is 4.66. The van der Waals surface area contributed by atoms with Gasteiger partial charge in [-0.15, -0.1) is 0 Å². The fourth-order valence-electron chi connectivity index (χ4n) is 3.62. The van der Waals surface area contributed by atoms with E-state index in [1.807, 2.05) is 58.8 Å². The fourth-order valence-corrected chi connectivity index (χ4v) is 3.93. The Balaban J connectivity index is 1.80. The number of nitrogens with two attached hydrogens (primary N) is 1. The molecule has 0 aliphatic carbocycles. The van der Waals surface area contributed by atoms with E-state index in [2.05, 4.69) is 6.07 Å². The smallest absolute Gasteiger partial charge is 0.228 e. The van der Waals surface area contributed by atoms with E-state index < -0.39 is 0 Å². The molecule has 1 unspecified atom stereocenters. The quantitative estimate of drug-likeness (QED) is 0.695. The molecule has 24 heavy (non-hydrogen) atoms. The van der Waals surface area contributed by atoms with Crippen molar-refractivity contribution in [2.75, 3.05) is 0 Å². The van der Waals surface area contributed by atoms with Crippen LogP contribution < -0.4 is 10.5 Å². The second kappa shape index (κ2) is 4.58. The van der Waals surface area contributed by atoms with E-state index in [1.54, 1.807) is 0 Å². The largest absolute Gasteiger partial charge is 0.427 e. The lowest BCUT2D eigenvalue weighted by molar-refractivity contribution is 0.492. The van der Waals surface area contributed by atoms with Gasteiger partial charge in [-0.3, -0.25) is 0 Å². The van der Waals surface area contributed by atoms with Gasteiger partial charge in [0.05, 0.1) is 28.4 Å². The van der Waals surface area contributed by atoms with Crippen molar-refractivity contribution in [1.29, 1.82) is 0 Å². The van der Waals surface area contributed by atoms with Crippen LogP contribution in [0.3, 0.4) is 0 Å². The van der Waals surface area contributed by atoms with Gasteiger partial charge in [0.15, 0.2) is 0 Å². The van der Waals surface area contributed by atoms with Crippen LogP contribution in [0.4, 0.5) is 0 Å². The van der Waals surface area contributed by atoms with Gasteiger partial charge in [-0.2, -0.15) is 5.10 Å². The number of ether oxygens (including phenoxy) is 1. The number of hydrogen-bond donors (Lipinski definition) is 1. The molecule has 0 saturated heterocycles. The Morgan fingerprint density at radius 3 is 2.75 bits per heavy atom. The van der Waals surface area contributed by atoms with E-state index in [0.717, 1.165) is 28.2 Å². The number of benzene rings is 1. The van der Waals surface area contributed by atoms with Crippen molar-refractivity contribution < 1.29 is 4.74 Å². The molecule has 2 N–H and O–H groups in total. The average molecular weight is 334 g/mol. The number of aromatic nitrogens is 3. The number of para-hydroxylation sites is 1. The van der Waals surface area contributed by atoms with Crippen LogP contribution in [-0.4, -0.2) is 19.4 Å². The maximum atomic E-state index is 6.31. The summed E-state index contributed by atoms with van der Waals surface area (Å²) in [6, 6.07) is 14.0. The van der Waals surface area contributed by atoms with Gasteiger partial charge in [0.1, 0.15) is 5.82 Å². The summed E-state index contributed by atoms with van der Waals surface area (Å²) in [5.41, 5.74) is 11.2. The van der Waals surface area contributed by atoms with Crippen molar-refractivity contribution in [2.45, 2.75) is 12.8 Å². The summed E-state index contributed by atoms with van der Waals surface area (Å²) in [7, 11) is 0. The highest BCUT2D eigenvalue weighted by atomic mass is 32.1. The molecular weight excluding hydrogens is 320 g/mol. The Morgan fingerprint density at radius 1 is 1.17 bits per heavy atom. The number of thiocarbonyl (C=S) groups is 1. The highest BCUT2D eigenvalue weighted by Crippen LogP contribution is 2.49. The number of rotatable bonds is 1. The summed E-state index contributed by atoms with van der Waals surface area (Å²) in [5, 5.41) is 5.12. The highest BCUT2D eigenvalue weighted by Gasteiger charge is 2.43. The van der Waals surface area contributed by atoms with E-state index in [4.69, 9.17) is 27.8 Å². The first kappa shape index (κ1) is 13.6. The zero-order valence-electron chi connectivity index (χ0n) is 12.9. The summed E-state index contributed by atoms with van der Waals surface area (Å²) >= 11 is 5.51. The van der Waals surface area contributed by atoms with Crippen LogP contribution in [0.5, 0.6) is 5.88 Å². The summed E-state index contributed by atoms with van der Waals surface area (Å²) in [5.74, 6) is 1.30. The summed E-state index contributed by atoms with van der Waals surface area (Å²) < 4.78 is 9.80. The molecule has 2 aromatic heterocycles. The van der Waals surface area contributed by atoms with E-state index in [-0.39, 0.29) is 5.92 Å². The first-order valence-corrected chi connectivity index (χ1v) is 8.12. The lowest BCUT2D eigenvalue weighted by atomic mass is 9.88. The SMILES string of the molecule is Cc1nn(-c2ccccc2)c2c1C1C(=C(N)n3cccc31)C(=S)O2. The Morgan fingerprint density at radius 2 is 1.96 bits per heavy atom. The summed E-state index contributed by atoms with van der Waals surface area (Å²) in [6.07, 6.45) is 1.95. The molecule has 5 nitrogen and oxygen atoms in total. The minimum atomic E-state index is -0.0197. The fraction of sp³-hybridized carbons (Fsp3) is 0.111. The van der Waals surface area contributed by atoms with Crippen LogP contribution in [0, 0.1) is 6.92 Å². The van der Waals surface area contributed by atoms with Crippen LogP contribution in [0.25, 0.3) is 11.5 Å². The summed E-state index contributed by atoms with van der Waals surface area (Å²) in [4.78, 5) is 0. The molecule has 1 aromatic carbocycles. The summed E-state index contributed by atoms with van der Waals surface area (Å²) in [6.45, 7) is 2.00. The van der Waals surface area contributed by atoms with Crippen molar-refractivity contribution in [3.63, 3.8) is 0 Å². The monoisotopic (exact) mass is 334 g/mol. The van der Waals surface area contributed by atoms with Crippen LogP contribution in [0.1, 0.15) is 22.9 Å². The molecule has 2 aliphatic rings. The zero-order valence-corrected chi connectivity index (χ0v) is 13.7. The van der Waals surface area contributed by atoms with Crippen LogP contribution in [0.15, 0.2) is 54.2 Å². The van der Waals surface area contributed by atoms with Gasteiger partial charge in [-0.05, 0) is 43.4 Å². The predicted octanol–water partition coefficient (Wildman–Crippen LogP) is 2.97. The number of fused-ring (bicyclic) bond motifs is 5. The Bertz CT molecular complexity index is 1030. The first-order valence-electron chi connectivity index (χ1n) is 7.71. The molecule has 1 atom stereocenters. The van der Waals surface area contributed by atoms with E-state index in [0.29, 0.717) is 16.8 Å². The van der Waals surface area contributed by atoms with Gasteiger partial charge in [0.2, 0.25) is 10.9 Å². The van der Waals surface area contributed by atoms with Crippen molar-refractivity contribution in [3.05, 3.63) is 71.2 Å². The molecule has 6 heteroatoms. The van der Waals surface area contributed by atoms with Crippen LogP contribution >= 0.6 is 12.2 Å². The average Bonchev–Trinajstić information content (AvgIpc) is 3.25. The Hall–Kier alpha value is -2.86. The second-order valence-corrected chi connectivity index (χ2v) is 6.35. The van der Waals surface area contributed by atoms with E-state index in [9.17, 15) is 0 Å². The van der Waals surface area contributed by atoms with Crippen LogP contribution in [-0.2, 0) is 0 Å². The standard InChI is InChI=1S/C18H14N4OS/c1-10-13-14-12-8-5-9-21(12)16(19)15(14)18(24)23-17(13)22(20-10)11-6-3-2-4-7-11/h2-9,14H,19H2,1H3. The molecule has 0 amide bonds. The molecule has 0 radical (unpaired) electrons. The zero-order chi connectivity index (χ0) is 16.4. The molecule has 3 aromatic rings. The van der Waals surface area contributed by atoms with Crippen molar-refractivity contribution in [1.82, 2.24) is 14.3 Å². The number of nitrogens with zero attached hydrogens (tertiary/aromatic N) is 3. The van der Waals surface area contributed by atoms with Crippen molar-refractivity contribution in [2.24, 2.45) is 5.73 Å². The molecule has 0 fully saturated rings. The van der Waals surface area contributed by atoms with Gasteiger partial charge in [0, 0.05) is 11.9 Å². The molecule has 0 spiro atoms. The van der Waals surface area contributed by atoms with Gasteiger partial charge >= 0.3 is 0 Å². The molecule has 5 rings (SSSR count). The predicted molar refractivity (Wildman–Crippen MR) is 95.2 cm³/mol. The van der Waals surface area contributed by atoms with Gasteiger partial charge < -0.3 is 15.0 Å². The van der Waals surface area contributed by atoms with Gasteiger partial charge in [0.25, 0.3) is 0 Å². The topological polar surface area (TPSA) is 58.0 Å². The highest BCUT2D eigenvalue weighted by molar-refractivity contribution is 7.80. The van der Waals surface area contributed by atoms with Crippen molar-refractivity contribution in [3.8, 4) is 11.6 Å². The Kier molecular flexibility index (Phi) is 2.59. The van der Waals surface area contributed by atoms with Gasteiger partial charge in [-0.1, -0.05) is 18.2 Å². The first-order chi connectivity index (χ1) is 11.7. The van der Waals surface area contributed by atoms with Gasteiger partial charge in [-0.25, -0.2) is 4.68 Å². The molecule has 0 saturated carbocycles. The number of aryl methyl sites for hydroxylation is 1. The van der Waals surface area contributed by atoms with E-state index in [1.165, 1.54) is 0 Å². The minimum absolute atomic E-state index is 0.0197. The second-order valence-electron chi connectivity index (χ2n) is 5.98. The van der Waals surface area contributed by atoms with Crippen molar-refractivity contribution >= 4 is 23.1 Å². The molecule has 118 valence electrons. The lowest BCUT2D eigenvalue weighted by Gasteiger charge is -2.23. The molecule has 2 aliphatic heterocycles. The Labute approximate surface area is 144 Å². The lowest BCUT2D eigenvalue weighted by Crippen LogP contribution is -2.23. The van der Waals surface area contributed by atoms with E-state index >= 15 is 0 Å². The van der Waals surface area contributed by atoms with Crippen LogP contribution in [0.2, 0.25) is 0 Å². The maximum Gasteiger partial charge on any atom is 0.228 e. The molecule has 0 bridgehead atoms. The third-order valence-corrected chi connectivity index (χ3v) is 4.96. The number of hydrogen-bond acceptors (Lipinski definition) is 4. The molecular formula is C18H14N4OS. The molecule has 4 heterocycles. The minimum Gasteiger partial charge on any atom is -0.427 e. The third kappa shape index (κ3) is 1.58. The maximum absolute atomic E-state index is 6.31. The normalized spacial score (nSPS) is 18.2.